The van der Waals surface area contributed by atoms with Gasteiger partial charge in [-0.1, -0.05) is 24.3 Å². The smallest absolute Gasteiger partial charge is 0.274 e. The fourth-order valence-corrected chi connectivity index (χ4v) is 2.43. The van der Waals surface area contributed by atoms with Gasteiger partial charge in [0.1, 0.15) is 17.3 Å². The van der Waals surface area contributed by atoms with E-state index in [0.29, 0.717) is 5.69 Å². The molecule has 0 radical (unpaired) electrons. The summed E-state index contributed by atoms with van der Waals surface area (Å²) in [4.78, 5) is 16.4. The highest BCUT2D eigenvalue weighted by Crippen LogP contribution is 2.28. The van der Waals surface area contributed by atoms with E-state index >= 15 is 0 Å². The Labute approximate surface area is 157 Å². The minimum absolute atomic E-state index is 0.0514. The molecule has 2 aromatic carbocycles. The second-order valence-corrected chi connectivity index (χ2v) is 6.15. The monoisotopic (exact) mass is 365 g/mol. The van der Waals surface area contributed by atoms with Gasteiger partial charge in [-0.25, -0.2) is 9.37 Å². The first-order valence-corrected chi connectivity index (χ1v) is 8.57. The SMILES string of the molecule is CC(C)Oc1ccccc1Nc1ccc(C(=O)Nc2ccccc2F)nc1. The van der Waals surface area contributed by atoms with Gasteiger partial charge in [-0.15, -0.1) is 0 Å². The molecule has 1 heterocycles. The van der Waals surface area contributed by atoms with Crippen molar-refractivity contribution in [3.8, 4) is 5.75 Å². The number of carbonyl (C=O) groups is 1. The van der Waals surface area contributed by atoms with Gasteiger partial charge in [0, 0.05) is 0 Å². The van der Waals surface area contributed by atoms with Crippen molar-refractivity contribution in [3.05, 3.63) is 78.4 Å². The van der Waals surface area contributed by atoms with E-state index in [1.54, 1.807) is 30.5 Å². The molecule has 6 heteroatoms. The Morgan fingerprint density at radius 3 is 2.37 bits per heavy atom. The molecule has 0 aliphatic rings. The summed E-state index contributed by atoms with van der Waals surface area (Å²) in [5.41, 5.74) is 1.82. The van der Waals surface area contributed by atoms with Gasteiger partial charge >= 0.3 is 0 Å². The number of benzene rings is 2. The molecule has 2 N–H and O–H groups in total. The Morgan fingerprint density at radius 1 is 1.00 bits per heavy atom. The Kier molecular flexibility index (Phi) is 5.66. The highest BCUT2D eigenvalue weighted by atomic mass is 19.1. The lowest BCUT2D eigenvalue weighted by Gasteiger charge is -2.15. The zero-order valence-corrected chi connectivity index (χ0v) is 15.1. The molecule has 1 amide bonds. The van der Waals surface area contributed by atoms with Crippen molar-refractivity contribution in [2.45, 2.75) is 20.0 Å². The second kappa shape index (κ2) is 8.31. The predicted molar refractivity (Wildman–Crippen MR) is 104 cm³/mol. The van der Waals surface area contributed by atoms with Gasteiger partial charge in [-0.2, -0.15) is 0 Å². The van der Waals surface area contributed by atoms with Crippen LogP contribution in [0.15, 0.2) is 66.9 Å². The van der Waals surface area contributed by atoms with Gasteiger partial charge in [0.2, 0.25) is 0 Å². The quantitative estimate of drug-likeness (QED) is 0.645. The van der Waals surface area contributed by atoms with Gasteiger partial charge in [0.05, 0.1) is 29.4 Å². The molecule has 5 nitrogen and oxygen atoms in total. The lowest BCUT2D eigenvalue weighted by atomic mass is 10.2. The molecule has 3 aromatic rings. The minimum atomic E-state index is -0.495. The normalized spacial score (nSPS) is 10.5. The molecule has 0 fully saturated rings. The van der Waals surface area contributed by atoms with Crippen LogP contribution in [0.3, 0.4) is 0 Å². The molecule has 0 saturated carbocycles. The number of rotatable bonds is 6. The third-order valence-electron chi connectivity index (χ3n) is 3.65. The Bertz CT molecular complexity index is 927. The average Bonchev–Trinajstić information content (AvgIpc) is 2.65. The van der Waals surface area contributed by atoms with Crippen LogP contribution in [-0.2, 0) is 0 Å². The van der Waals surface area contributed by atoms with Crippen LogP contribution in [-0.4, -0.2) is 17.0 Å². The molecule has 3 rings (SSSR count). The highest BCUT2D eigenvalue weighted by Gasteiger charge is 2.11. The first kappa shape index (κ1) is 18.4. The van der Waals surface area contributed by atoms with Crippen molar-refractivity contribution in [2.24, 2.45) is 0 Å². The van der Waals surface area contributed by atoms with Gasteiger partial charge < -0.3 is 15.4 Å². The van der Waals surface area contributed by atoms with Crippen molar-refractivity contribution in [2.75, 3.05) is 10.6 Å². The van der Waals surface area contributed by atoms with Crippen LogP contribution in [0.25, 0.3) is 0 Å². The molecule has 0 aliphatic heterocycles. The molecule has 0 saturated heterocycles. The maximum Gasteiger partial charge on any atom is 0.274 e. The molecule has 0 atom stereocenters. The number of halogens is 1. The Balaban J connectivity index is 1.71. The number of carbonyl (C=O) groups excluding carboxylic acids is 1. The van der Waals surface area contributed by atoms with E-state index in [2.05, 4.69) is 15.6 Å². The highest BCUT2D eigenvalue weighted by molar-refractivity contribution is 6.03. The first-order valence-electron chi connectivity index (χ1n) is 8.57. The van der Waals surface area contributed by atoms with E-state index in [0.717, 1.165) is 11.4 Å². The molecule has 0 bridgehead atoms. The van der Waals surface area contributed by atoms with Gasteiger partial charge in [-0.3, -0.25) is 4.79 Å². The number of ether oxygens (including phenoxy) is 1. The summed E-state index contributed by atoms with van der Waals surface area (Å²) < 4.78 is 19.4. The van der Waals surface area contributed by atoms with Crippen molar-refractivity contribution < 1.29 is 13.9 Å². The predicted octanol–water partition coefficient (Wildman–Crippen LogP) is 5.00. The van der Waals surface area contributed by atoms with E-state index in [-0.39, 0.29) is 17.5 Å². The van der Waals surface area contributed by atoms with Crippen LogP contribution in [0.2, 0.25) is 0 Å². The van der Waals surface area contributed by atoms with Crippen LogP contribution in [0, 0.1) is 5.82 Å². The topological polar surface area (TPSA) is 63.2 Å². The maximum absolute atomic E-state index is 13.6. The molecule has 1 aromatic heterocycles. The summed E-state index contributed by atoms with van der Waals surface area (Å²) in [6, 6.07) is 16.9. The molecule has 0 aliphatic carbocycles. The number of para-hydroxylation sites is 3. The standard InChI is InChI=1S/C21H20FN3O2/c1-14(2)27-20-10-6-5-9-18(20)24-15-11-12-19(23-13-15)21(26)25-17-8-4-3-7-16(17)22/h3-14,24H,1-2H3,(H,25,26). The zero-order valence-electron chi connectivity index (χ0n) is 15.1. The van der Waals surface area contributed by atoms with Gasteiger partial charge in [0.25, 0.3) is 5.91 Å². The fourth-order valence-electron chi connectivity index (χ4n) is 2.43. The molecule has 138 valence electrons. The van der Waals surface area contributed by atoms with E-state index < -0.39 is 11.7 Å². The van der Waals surface area contributed by atoms with Crippen LogP contribution in [0.1, 0.15) is 24.3 Å². The number of nitrogens with zero attached hydrogens (tertiary/aromatic N) is 1. The van der Waals surface area contributed by atoms with Crippen molar-refractivity contribution in [3.63, 3.8) is 0 Å². The summed E-state index contributed by atoms with van der Waals surface area (Å²) in [6.45, 7) is 3.92. The number of pyridine rings is 1. The molecule has 0 spiro atoms. The summed E-state index contributed by atoms with van der Waals surface area (Å²) >= 11 is 0. The summed E-state index contributed by atoms with van der Waals surface area (Å²) in [5, 5.41) is 5.73. The zero-order chi connectivity index (χ0) is 19.2. The van der Waals surface area contributed by atoms with E-state index in [1.807, 2.05) is 38.1 Å². The number of hydrogen-bond acceptors (Lipinski definition) is 4. The largest absolute Gasteiger partial charge is 0.489 e. The third kappa shape index (κ3) is 4.82. The number of hydrogen-bond donors (Lipinski definition) is 2. The molecular formula is C21H20FN3O2. The lowest BCUT2D eigenvalue weighted by molar-refractivity contribution is 0.102. The van der Waals surface area contributed by atoms with Crippen LogP contribution < -0.4 is 15.4 Å². The first-order chi connectivity index (χ1) is 13.0. The third-order valence-corrected chi connectivity index (χ3v) is 3.65. The molecular weight excluding hydrogens is 345 g/mol. The van der Waals surface area contributed by atoms with E-state index in [1.165, 1.54) is 12.1 Å². The summed E-state index contributed by atoms with van der Waals surface area (Å²) in [5.74, 6) is -0.241. The van der Waals surface area contributed by atoms with Gasteiger partial charge in [-0.05, 0) is 50.2 Å². The Hall–Kier alpha value is -3.41. The minimum Gasteiger partial charge on any atom is -0.489 e. The number of nitrogens with one attached hydrogen (secondary N) is 2. The molecule has 27 heavy (non-hydrogen) atoms. The van der Waals surface area contributed by atoms with Crippen LogP contribution in [0.4, 0.5) is 21.5 Å². The van der Waals surface area contributed by atoms with Crippen LogP contribution >= 0.6 is 0 Å². The Morgan fingerprint density at radius 2 is 1.70 bits per heavy atom. The fraction of sp³-hybridized carbons (Fsp3) is 0.143. The van der Waals surface area contributed by atoms with E-state index in [4.69, 9.17) is 4.74 Å². The summed E-state index contributed by atoms with van der Waals surface area (Å²) in [6.07, 6.45) is 1.60. The second-order valence-electron chi connectivity index (χ2n) is 6.15. The van der Waals surface area contributed by atoms with Crippen molar-refractivity contribution >= 4 is 23.0 Å². The molecule has 0 unspecified atom stereocenters. The van der Waals surface area contributed by atoms with Crippen molar-refractivity contribution in [1.82, 2.24) is 4.98 Å². The lowest BCUT2D eigenvalue weighted by Crippen LogP contribution is -2.14. The van der Waals surface area contributed by atoms with Crippen LogP contribution in [0.5, 0.6) is 5.75 Å². The number of amides is 1. The number of aromatic nitrogens is 1. The maximum atomic E-state index is 13.6. The summed E-state index contributed by atoms with van der Waals surface area (Å²) in [7, 11) is 0. The van der Waals surface area contributed by atoms with Gasteiger partial charge in [0.15, 0.2) is 0 Å². The van der Waals surface area contributed by atoms with Crippen molar-refractivity contribution in [1.29, 1.82) is 0 Å². The average molecular weight is 365 g/mol. The number of anilines is 3. The van der Waals surface area contributed by atoms with E-state index in [9.17, 15) is 9.18 Å².